The summed E-state index contributed by atoms with van der Waals surface area (Å²) in [6, 6.07) is 17.6. The first kappa shape index (κ1) is 18.5. The molecule has 1 N–H and O–H groups in total. The molecule has 0 bridgehead atoms. The van der Waals surface area contributed by atoms with Gasteiger partial charge in [0.2, 0.25) is 5.95 Å². The van der Waals surface area contributed by atoms with Gasteiger partial charge < -0.3 is 10.2 Å². The van der Waals surface area contributed by atoms with Gasteiger partial charge in [0.1, 0.15) is 11.5 Å². The number of nitrogens with zero attached hydrogens (tertiary/aromatic N) is 3. The maximum atomic E-state index is 13.8. The third-order valence-corrected chi connectivity index (χ3v) is 4.08. The second-order valence-electron chi connectivity index (χ2n) is 6.13. The van der Waals surface area contributed by atoms with Crippen LogP contribution in [-0.4, -0.2) is 22.4 Å². The molecular weight excluding hydrogens is 343 g/mol. The Bertz CT molecular complexity index is 930. The molecule has 0 aliphatic rings. The summed E-state index contributed by atoms with van der Waals surface area (Å²) in [5.41, 5.74) is 2.12. The largest absolute Gasteiger partial charge is 0.337 e. The van der Waals surface area contributed by atoms with Gasteiger partial charge in [0.15, 0.2) is 0 Å². The first-order valence-electron chi connectivity index (χ1n) is 8.77. The van der Waals surface area contributed by atoms with Crippen molar-refractivity contribution >= 4 is 17.5 Å². The number of aryl methyl sites for hydroxylation is 1. The SMILES string of the molecule is CCN(Cc1ccccc1)c1nc(C)cc(C(=O)Nc2ccccc2F)n1. The minimum absolute atomic E-state index is 0.122. The van der Waals surface area contributed by atoms with Crippen LogP contribution in [0.15, 0.2) is 60.7 Å². The molecule has 2 aromatic carbocycles. The Labute approximate surface area is 157 Å². The zero-order valence-corrected chi connectivity index (χ0v) is 15.3. The number of amides is 1. The van der Waals surface area contributed by atoms with Crippen LogP contribution in [0.5, 0.6) is 0 Å². The summed E-state index contributed by atoms with van der Waals surface area (Å²) in [6.07, 6.45) is 0. The Balaban J connectivity index is 1.84. The van der Waals surface area contributed by atoms with Gasteiger partial charge in [-0.1, -0.05) is 42.5 Å². The minimum Gasteiger partial charge on any atom is -0.337 e. The molecule has 0 radical (unpaired) electrons. The van der Waals surface area contributed by atoms with E-state index < -0.39 is 11.7 Å². The molecule has 0 saturated carbocycles. The van der Waals surface area contributed by atoms with E-state index in [2.05, 4.69) is 15.3 Å². The Morgan fingerprint density at radius 2 is 1.78 bits per heavy atom. The van der Waals surface area contributed by atoms with Crippen LogP contribution >= 0.6 is 0 Å². The van der Waals surface area contributed by atoms with Gasteiger partial charge in [-0.25, -0.2) is 14.4 Å². The molecule has 0 aliphatic carbocycles. The van der Waals surface area contributed by atoms with E-state index in [-0.39, 0.29) is 11.4 Å². The molecule has 3 rings (SSSR count). The number of hydrogen-bond acceptors (Lipinski definition) is 4. The number of nitrogens with one attached hydrogen (secondary N) is 1. The fraction of sp³-hybridized carbons (Fsp3) is 0.190. The van der Waals surface area contributed by atoms with Crippen LogP contribution in [0.25, 0.3) is 0 Å². The summed E-state index contributed by atoms with van der Waals surface area (Å²) in [4.78, 5) is 23.4. The standard InChI is InChI=1S/C21H21FN4O/c1-3-26(14-16-9-5-4-6-10-16)21-23-15(2)13-19(25-21)20(27)24-18-12-8-7-11-17(18)22/h4-13H,3,14H2,1-2H3,(H,24,27). The van der Waals surface area contributed by atoms with Crippen molar-refractivity contribution in [2.45, 2.75) is 20.4 Å². The Morgan fingerprint density at radius 1 is 1.07 bits per heavy atom. The molecule has 138 valence electrons. The number of rotatable bonds is 6. The highest BCUT2D eigenvalue weighted by atomic mass is 19.1. The van der Waals surface area contributed by atoms with Gasteiger partial charge >= 0.3 is 0 Å². The van der Waals surface area contributed by atoms with E-state index in [4.69, 9.17) is 0 Å². The molecule has 1 heterocycles. The lowest BCUT2D eigenvalue weighted by molar-refractivity contribution is 0.102. The van der Waals surface area contributed by atoms with Crippen molar-refractivity contribution in [2.24, 2.45) is 0 Å². The van der Waals surface area contributed by atoms with Crippen LogP contribution in [0.1, 0.15) is 28.7 Å². The summed E-state index contributed by atoms with van der Waals surface area (Å²) in [5.74, 6) is -0.487. The minimum atomic E-state index is -0.490. The van der Waals surface area contributed by atoms with Crippen LogP contribution < -0.4 is 10.2 Å². The average molecular weight is 364 g/mol. The molecule has 0 atom stereocenters. The Morgan fingerprint density at radius 3 is 2.48 bits per heavy atom. The summed E-state index contributed by atoms with van der Waals surface area (Å²) < 4.78 is 13.8. The zero-order valence-electron chi connectivity index (χ0n) is 15.3. The zero-order chi connectivity index (χ0) is 19.2. The number of hydrogen-bond donors (Lipinski definition) is 1. The fourth-order valence-electron chi connectivity index (χ4n) is 2.69. The molecule has 1 aromatic heterocycles. The number of carbonyl (C=O) groups is 1. The van der Waals surface area contributed by atoms with Crippen LogP contribution in [0.2, 0.25) is 0 Å². The maximum absolute atomic E-state index is 13.8. The lowest BCUT2D eigenvalue weighted by Crippen LogP contribution is -2.26. The molecular formula is C21H21FN4O. The van der Waals surface area contributed by atoms with Crippen molar-refractivity contribution in [1.82, 2.24) is 9.97 Å². The Kier molecular flexibility index (Phi) is 5.76. The second-order valence-corrected chi connectivity index (χ2v) is 6.13. The maximum Gasteiger partial charge on any atom is 0.274 e. The van der Waals surface area contributed by atoms with E-state index in [0.717, 1.165) is 5.56 Å². The number of benzene rings is 2. The molecule has 0 unspecified atom stereocenters. The summed E-state index contributed by atoms with van der Waals surface area (Å²) in [7, 11) is 0. The van der Waals surface area contributed by atoms with Crippen LogP contribution in [-0.2, 0) is 6.54 Å². The van der Waals surface area contributed by atoms with E-state index in [1.165, 1.54) is 12.1 Å². The topological polar surface area (TPSA) is 58.1 Å². The summed E-state index contributed by atoms with van der Waals surface area (Å²) >= 11 is 0. The lowest BCUT2D eigenvalue weighted by atomic mass is 10.2. The molecule has 3 aromatic rings. The predicted molar refractivity (Wildman–Crippen MR) is 104 cm³/mol. The average Bonchev–Trinajstić information content (AvgIpc) is 2.68. The first-order valence-corrected chi connectivity index (χ1v) is 8.77. The number of para-hydroxylation sites is 1. The quantitative estimate of drug-likeness (QED) is 0.712. The highest BCUT2D eigenvalue weighted by Gasteiger charge is 2.16. The molecule has 1 amide bonds. The van der Waals surface area contributed by atoms with E-state index in [1.54, 1.807) is 25.1 Å². The molecule has 0 aliphatic heterocycles. The molecule has 0 saturated heterocycles. The third-order valence-electron chi connectivity index (χ3n) is 4.08. The van der Waals surface area contributed by atoms with E-state index in [9.17, 15) is 9.18 Å². The Hall–Kier alpha value is -3.28. The van der Waals surface area contributed by atoms with Crippen LogP contribution in [0.4, 0.5) is 16.0 Å². The first-order chi connectivity index (χ1) is 13.1. The van der Waals surface area contributed by atoms with Crippen molar-refractivity contribution in [3.05, 3.63) is 83.4 Å². The monoisotopic (exact) mass is 364 g/mol. The number of carbonyl (C=O) groups excluding carboxylic acids is 1. The summed E-state index contributed by atoms with van der Waals surface area (Å²) in [6.45, 7) is 5.14. The number of anilines is 2. The highest BCUT2D eigenvalue weighted by Crippen LogP contribution is 2.17. The molecule has 27 heavy (non-hydrogen) atoms. The highest BCUT2D eigenvalue weighted by molar-refractivity contribution is 6.03. The molecule has 0 spiro atoms. The van der Waals surface area contributed by atoms with Crippen LogP contribution in [0.3, 0.4) is 0 Å². The van der Waals surface area contributed by atoms with Crippen molar-refractivity contribution in [3.8, 4) is 0 Å². The lowest BCUT2D eigenvalue weighted by Gasteiger charge is -2.21. The van der Waals surface area contributed by atoms with Crippen molar-refractivity contribution in [1.29, 1.82) is 0 Å². The van der Waals surface area contributed by atoms with Crippen LogP contribution in [0, 0.1) is 12.7 Å². The normalized spacial score (nSPS) is 10.5. The van der Waals surface area contributed by atoms with E-state index in [0.29, 0.717) is 24.7 Å². The van der Waals surface area contributed by atoms with Crippen molar-refractivity contribution in [2.75, 3.05) is 16.8 Å². The number of halogens is 1. The second kappa shape index (κ2) is 8.40. The third kappa shape index (κ3) is 4.67. The van der Waals surface area contributed by atoms with Gasteiger partial charge in [0.25, 0.3) is 5.91 Å². The number of aromatic nitrogens is 2. The molecule has 0 fully saturated rings. The van der Waals surface area contributed by atoms with Crippen molar-refractivity contribution in [3.63, 3.8) is 0 Å². The van der Waals surface area contributed by atoms with E-state index in [1.807, 2.05) is 42.2 Å². The van der Waals surface area contributed by atoms with Gasteiger partial charge in [-0.05, 0) is 37.6 Å². The predicted octanol–water partition coefficient (Wildman–Crippen LogP) is 4.20. The van der Waals surface area contributed by atoms with Gasteiger partial charge in [-0.15, -0.1) is 0 Å². The molecule has 6 heteroatoms. The fourth-order valence-corrected chi connectivity index (χ4v) is 2.69. The smallest absolute Gasteiger partial charge is 0.274 e. The van der Waals surface area contributed by atoms with Gasteiger partial charge in [0, 0.05) is 18.8 Å². The van der Waals surface area contributed by atoms with Gasteiger partial charge in [-0.2, -0.15) is 0 Å². The van der Waals surface area contributed by atoms with Gasteiger partial charge in [-0.3, -0.25) is 4.79 Å². The van der Waals surface area contributed by atoms with E-state index >= 15 is 0 Å². The van der Waals surface area contributed by atoms with Gasteiger partial charge in [0.05, 0.1) is 5.69 Å². The molecule has 5 nitrogen and oxygen atoms in total. The summed E-state index contributed by atoms with van der Waals surface area (Å²) in [5, 5.41) is 2.56. The van der Waals surface area contributed by atoms with Crippen molar-refractivity contribution < 1.29 is 9.18 Å².